The second kappa shape index (κ2) is 15.8. The topological polar surface area (TPSA) is 69.9 Å². The molecule has 56 heavy (non-hydrogen) atoms. The predicted molar refractivity (Wildman–Crippen MR) is 238 cm³/mol. The average Bonchev–Trinajstić information content (AvgIpc) is 3.65. The fourth-order valence-corrected chi connectivity index (χ4v) is 10.2. The molecule has 0 aromatic heterocycles. The molecule has 290 valence electrons. The van der Waals surface area contributed by atoms with Gasteiger partial charge in [-0.2, -0.15) is 4.58 Å². The van der Waals surface area contributed by atoms with Crippen LogP contribution in [0.25, 0.3) is 21.5 Å². The maximum Gasteiger partial charge on any atom is 0.333 e. The number of hydroxylamine groups is 2. The Bertz CT molecular complexity index is 2430. The van der Waals surface area contributed by atoms with Gasteiger partial charge in [-0.3, -0.25) is 9.59 Å². The van der Waals surface area contributed by atoms with E-state index in [4.69, 9.17) is 42.7 Å². The zero-order chi connectivity index (χ0) is 40.1. The Morgan fingerprint density at radius 3 is 2.04 bits per heavy atom. The Morgan fingerprint density at radius 1 is 0.768 bits per heavy atom. The molecule has 1 saturated heterocycles. The van der Waals surface area contributed by atoms with Gasteiger partial charge >= 0.3 is 5.97 Å². The zero-order valence-corrected chi connectivity index (χ0v) is 36.0. The number of amides is 2. The lowest BCUT2D eigenvalue weighted by atomic mass is 9.79. The maximum absolute atomic E-state index is 12.4. The van der Waals surface area contributed by atoms with Crippen LogP contribution in [-0.2, 0) is 30.1 Å². The second-order valence-electron chi connectivity index (χ2n) is 15.7. The van der Waals surface area contributed by atoms with Crippen molar-refractivity contribution in [3.05, 3.63) is 95.7 Å². The number of hydrogen-bond acceptors (Lipinski definition) is 9. The van der Waals surface area contributed by atoms with Crippen molar-refractivity contribution < 1.29 is 23.8 Å². The van der Waals surface area contributed by atoms with Crippen LogP contribution in [0.2, 0.25) is 0 Å². The molecule has 0 saturated carbocycles. The Hall–Kier alpha value is -3.90. The van der Waals surface area contributed by atoms with Gasteiger partial charge in [0.05, 0.1) is 5.41 Å². The van der Waals surface area contributed by atoms with Gasteiger partial charge in [-0.15, -0.1) is 55.6 Å². The first kappa shape index (κ1) is 40.3. The van der Waals surface area contributed by atoms with Gasteiger partial charge < -0.3 is 9.74 Å². The molecule has 11 heteroatoms. The molecule has 0 radical (unpaired) electrons. The van der Waals surface area contributed by atoms with Gasteiger partial charge in [0, 0.05) is 79.9 Å². The fraction of sp³-hybridized carbons (Fsp3) is 0.333. The molecule has 0 N–H and O–H groups in total. The number of unbranched alkanes of at least 4 members (excludes halogenated alkanes) is 2. The number of carbonyl (C=O) groups excluding carboxylic acids is 3. The minimum absolute atomic E-state index is 0.0811. The van der Waals surface area contributed by atoms with E-state index in [0.29, 0.717) is 11.5 Å². The Labute approximate surface area is 351 Å². The summed E-state index contributed by atoms with van der Waals surface area (Å²) in [7, 11) is 0. The molecular formula is C45H48N3O4S4+. The third kappa shape index (κ3) is 7.25. The third-order valence-corrected chi connectivity index (χ3v) is 12.6. The van der Waals surface area contributed by atoms with Crippen LogP contribution in [0.4, 0.5) is 11.4 Å². The van der Waals surface area contributed by atoms with Crippen LogP contribution in [-0.4, -0.2) is 46.2 Å². The first-order valence-corrected chi connectivity index (χ1v) is 21.0. The molecule has 0 atom stereocenters. The highest BCUT2D eigenvalue weighted by Gasteiger charge is 2.45. The van der Waals surface area contributed by atoms with Gasteiger partial charge in [-0.05, 0) is 103 Å². The number of imide groups is 1. The van der Waals surface area contributed by atoms with Crippen LogP contribution in [0.1, 0.15) is 84.3 Å². The molecule has 0 unspecified atom stereocenters. The van der Waals surface area contributed by atoms with Gasteiger partial charge in [0.2, 0.25) is 5.69 Å². The lowest BCUT2D eigenvalue weighted by Crippen LogP contribution is -2.32. The molecule has 4 aromatic rings. The molecule has 1 fully saturated rings. The standard InChI is InChI=1S/C45H47N3O4S4/c1-6-46-33-18-16-29-31(23-27(53)25-35(29)55)42(33)44(2,3)37(46)13-9-7-10-14-38-45(4,5)43-32-24-28(54)26-36(56)30(32)17-19-34(43)47(38)22-12-8-11-15-41(51)52-48-39(49)20-21-40(48)50/h7,9-10,13-14,16-19,23-26H,6,8,11-12,15,20-22H2,1-5H3,(H3-,53,54,55,56)/p+1. The molecule has 0 spiro atoms. The zero-order valence-electron chi connectivity index (χ0n) is 32.4. The van der Waals surface area contributed by atoms with E-state index in [1.807, 2.05) is 12.1 Å². The first-order chi connectivity index (χ1) is 26.6. The van der Waals surface area contributed by atoms with Crippen molar-refractivity contribution in [1.82, 2.24) is 5.06 Å². The highest BCUT2D eigenvalue weighted by atomic mass is 32.1. The smallest absolute Gasteiger partial charge is 0.333 e. The molecule has 3 aliphatic heterocycles. The van der Waals surface area contributed by atoms with Crippen LogP contribution in [0.15, 0.2) is 104 Å². The molecule has 0 aliphatic carbocycles. The number of allylic oxidation sites excluding steroid dienone is 6. The third-order valence-electron chi connectivity index (χ3n) is 11.4. The van der Waals surface area contributed by atoms with Crippen molar-refractivity contribution in [1.29, 1.82) is 0 Å². The highest BCUT2D eigenvalue weighted by Crippen LogP contribution is 2.52. The SMILES string of the molecule is CC[N+]1=C(/C=C/C=C/C=C2/N(CCCCCC(=O)ON3C(=O)CCC3=O)c3ccc4c(S)cc(S)cc4c3C2(C)C)C(C)(C)c2c1ccc1c(S)cc(S)cc21. The normalized spacial score (nSPS) is 18.2. The minimum atomic E-state index is -0.561. The number of fused-ring (bicyclic) bond motifs is 6. The van der Waals surface area contributed by atoms with Crippen LogP contribution < -0.4 is 4.90 Å². The number of nitrogens with zero attached hydrogens (tertiary/aromatic N) is 3. The van der Waals surface area contributed by atoms with Crippen LogP contribution >= 0.6 is 50.5 Å². The van der Waals surface area contributed by atoms with Crippen molar-refractivity contribution in [2.75, 3.05) is 18.0 Å². The van der Waals surface area contributed by atoms with E-state index in [1.54, 1.807) is 0 Å². The van der Waals surface area contributed by atoms with Gasteiger partial charge in [0.25, 0.3) is 11.8 Å². The summed E-state index contributed by atoms with van der Waals surface area (Å²) in [6, 6.07) is 17.0. The maximum atomic E-state index is 12.4. The lowest BCUT2D eigenvalue weighted by Gasteiger charge is -2.27. The largest absolute Gasteiger partial charge is 0.344 e. The van der Waals surface area contributed by atoms with Gasteiger partial charge in [0.1, 0.15) is 6.54 Å². The molecule has 7 rings (SSSR count). The molecule has 2 amide bonds. The van der Waals surface area contributed by atoms with Crippen molar-refractivity contribution in [3.8, 4) is 0 Å². The number of anilines is 1. The number of hydrogen-bond donors (Lipinski definition) is 4. The Kier molecular flexibility index (Phi) is 11.4. The van der Waals surface area contributed by atoms with Gasteiger partial charge in [-0.1, -0.05) is 44.6 Å². The van der Waals surface area contributed by atoms with Crippen molar-refractivity contribution >= 4 is 107 Å². The van der Waals surface area contributed by atoms with E-state index < -0.39 is 17.8 Å². The van der Waals surface area contributed by atoms with E-state index in [0.717, 1.165) is 67.4 Å². The van der Waals surface area contributed by atoms with Gasteiger partial charge in [-0.25, -0.2) is 4.79 Å². The Morgan fingerprint density at radius 2 is 1.39 bits per heavy atom. The van der Waals surface area contributed by atoms with Crippen LogP contribution in [0, 0.1) is 0 Å². The van der Waals surface area contributed by atoms with E-state index in [2.05, 4.69) is 124 Å². The van der Waals surface area contributed by atoms with Crippen molar-refractivity contribution in [2.45, 2.75) is 104 Å². The average molecular weight is 823 g/mol. The Balaban J connectivity index is 1.14. The summed E-state index contributed by atoms with van der Waals surface area (Å²) in [6.45, 7) is 12.9. The van der Waals surface area contributed by atoms with E-state index >= 15 is 0 Å². The minimum Gasteiger partial charge on any atom is -0.344 e. The second-order valence-corrected chi connectivity index (χ2v) is 17.7. The fourth-order valence-electron chi connectivity index (χ4n) is 8.79. The highest BCUT2D eigenvalue weighted by molar-refractivity contribution is 7.81. The van der Waals surface area contributed by atoms with Gasteiger partial charge in [0.15, 0.2) is 5.71 Å². The quantitative estimate of drug-likeness (QED) is 0.0399. The summed E-state index contributed by atoms with van der Waals surface area (Å²) in [5.74, 6) is -1.49. The molecule has 4 aromatic carbocycles. The lowest BCUT2D eigenvalue weighted by molar-refractivity contribution is -0.433. The summed E-state index contributed by atoms with van der Waals surface area (Å²) in [6.07, 6.45) is 13.3. The summed E-state index contributed by atoms with van der Waals surface area (Å²) in [5, 5.41) is 5.17. The van der Waals surface area contributed by atoms with E-state index in [-0.39, 0.29) is 30.1 Å². The summed E-state index contributed by atoms with van der Waals surface area (Å²) >= 11 is 19.0. The molecule has 3 heterocycles. The number of rotatable bonds is 11. The first-order valence-electron chi connectivity index (χ1n) is 19.2. The van der Waals surface area contributed by atoms with E-state index in [1.165, 1.54) is 33.6 Å². The summed E-state index contributed by atoms with van der Waals surface area (Å²) in [5.41, 5.74) is 6.75. The number of carbonyl (C=O) groups is 3. The monoisotopic (exact) mass is 822 g/mol. The predicted octanol–water partition coefficient (Wildman–Crippen LogP) is 10.5. The number of benzene rings is 4. The molecule has 7 nitrogen and oxygen atoms in total. The van der Waals surface area contributed by atoms with Crippen molar-refractivity contribution in [3.63, 3.8) is 0 Å². The van der Waals surface area contributed by atoms with Crippen molar-refractivity contribution in [2.24, 2.45) is 0 Å². The van der Waals surface area contributed by atoms with Crippen LogP contribution in [0.3, 0.4) is 0 Å². The molecular weight excluding hydrogens is 775 g/mol. The van der Waals surface area contributed by atoms with Crippen LogP contribution in [0.5, 0.6) is 0 Å². The summed E-state index contributed by atoms with van der Waals surface area (Å²) in [4.78, 5) is 47.2. The van der Waals surface area contributed by atoms with E-state index in [9.17, 15) is 14.4 Å². The summed E-state index contributed by atoms with van der Waals surface area (Å²) < 4.78 is 2.40. The molecule has 0 bridgehead atoms. The molecule has 3 aliphatic rings. The number of thiol groups is 4.